The first-order chi connectivity index (χ1) is 15.5. The molecule has 0 unspecified atom stereocenters. The van der Waals surface area contributed by atoms with Crippen molar-refractivity contribution in [1.82, 2.24) is 34.3 Å². The summed E-state index contributed by atoms with van der Waals surface area (Å²) in [6, 6.07) is 10.6. The van der Waals surface area contributed by atoms with E-state index in [9.17, 15) is 9.18 Å². The monoisotopic (exact) mass is 428 g/mol. The number of halogens is 1. The number of hydrogen-bond donors (Lipinski definition) is 1. The summed E-state index contributed by atoms with van der Waals surface area (Å²) in [5, 5.41) is 11.2. The number of carbonyl (C=O) groups excluding carboxylic acids is 1. The van der Waals surface area contributed by atoms with Crippen LogP contribution in [0.4, 0.5) is 10.1 Å². The van der Waals surface area contributed by atoms with Crippen LogP contribution in [-0.2, 0) is 7.05 Å². The number of amides is 1. The third-order valence-corrected chi connectivity index (χ3v) is 4.99. The molecule has 0 fully saturated rings. The minimum Gasteiger partial charge on any atom is -0.317 e. The molecule has 0 atom stereocenters. The Morgan fingerprint density at radius 2 is 1.91 bits per heavy atom. The first kappa shape index (κ1) is 19.5. The van der Waals surface area contributed by atoms with Crippen LogP contribution in [0.15, 0.2) is 61.2 Å². The summed E-state index contributed by atoms with van der Waals surface area (Å²) in [7, 11) is 1.63. The number of nitrogens with one attached hydrogen (secondary N) is 1. The number of hydrogen-bond acceptors (Lipinski definition) is 6. The van der Waals surface area contributed by atoms with Crippen molar-refractivity contribution in [2.45, 2.75) is 6.92 Å². The number of pyridine rings is 1. The van der Waals surface area contributed by atoms with E-state index in [1.807, 2.05) is 30.3 Å². The second-order valence-corrected chi connectivity index (χ2v) is 7.11. The molecule has 32 heavy (non-hydrogen) atoms. The van der Waals surface area contributed by atoms with Gasteiger partial charge >= 0.3 is 0 Å². The number of anilines is 1. The maximum atomic E-state index is 14.8. The standard InChI is InChI=1S/C22H17FN8O/c1-13-19(25-9-8-24-13)15-11-26-30(2)20(15)22(32)27-17-12-31-18(10-16(17)23)28-21(29-31)14-6-4-3-5-7-14/h3-12H,1-2H3,(H,27,32). The fourth-order valence-electron chi connectivity index (χ4n) is 3.44. The van der Waals surface area contributed by atoms with Crippen LogP contribution in [-0.4, -0.2) is 40.3 Å². The summed E-state index contributed by atoms with van der Waals surface area (Å²) in [4.78, 5) is 26.0. The molecular weight excluding hydrogens is 411 g/mol. The van der Waals surface area contributed by atoms with Crippen molar-refractivity contribution in [1.29, 1.82) is 0 Å². The van der Waals surface area contributed by atoms with Crippen LogP contribution in [0.2, 0.25) is 0 Å². The van der Waals surface area contributed by atoms with E-state index in [2.05, 4.69) is 30.5 Å². The highest BCUT2D eigenvalue weighted by Gasteiger charge is 2.22. The average molecular weight is 428 g/mol. The number of carbonyl (C=O) groups is 1. The molecular formula is C22H17FN8O. The Morgan fingerprint density at radius 1 is 1.12 bits per heavy atom. The van der Waals surface area contributed by atoms with Gasteiger partial charge in [0.25, 0.3) is 5.91 Å². The molecule has 0 spiro atoms. The molecule has 5 rings (SSSR count). The van der Waals surface area contributed by atoms with Gasteiger partial charge in [-0.25, -0.2) is 13.9 Å². The molecule has 0 radical (unpaired) electrons. The van der Waals surface area contributed by atoms with Gasteiger partial charge in [0.1, 0.15) is 5.69 Å². The summed E-state index contributed by atoms with van der Waals surface area (Å²) < 4.78 is 17.6. The zero-order valence-electron chi connectivity index (χ0n) is 17.2. The number of nitrogens with zero attached hydrogens (tertiary/aromatic N) is 7. The van der Waals surface area contributed by atoms with Crippen LogP contribution in [0.25, 0.3) is 28.3 Å². The van der Waals surface area contributed by atoms with Crippen molar-refractivity contribution < 1.29 is 9.18 Å². The van der Waals surface area contributed by atoms with Crippen molar-refractivity contribution in [2.24, 2.45) is 7.05 Å². The summed E-state index contributed by atoms with van der Waals surface area (Å²) in [5.74, 6) is -0.704. The maximum Gasteiger partial charge on any atom is 0.274 e. The molecule has 0 bridgehead atoms. The molecule has 0 aliphatic carbocycles. The Bertz CT molecular complexity index is 1460. The molecule has 9 nitrogen and oxygen atoms in total. The Morgan fingerprint density at radius 3 is 2.69 bits per heavy atom. The van der Waals surface area contributed by atoms with Crippen LogP contribution in [0.3, 0.4) is 0 Å². The van der Waals surface area contributed by atoms with Crippen LogP contribution in [0.5, 0.6) is 0 Å². The molecule has 0 aliphatic heterocycles. The summed E-state index contributed by atoms with van der Waals surface area (Å²) >= 11 is 0. The Kier molecular flexibility index (Phi) is 4.66. The molecule has 4 aromatic heterocycles. The second-order valence-electron chi connectivity index (χ2n) is 7.11. The minimum absolute atomic E-state index is 0.0324. The Balaban J connectivity index is 1.50. The van der Waals surface area contributed by atoms with E-state index in [0.717, 1.165) is 5.56 Å². The predicted octanol–water partition coefficient (Wildman–Crippen LogP) is 3.29. The van der Waals surface area contributed by atoms with E-state index in [0.29, 0.717) is 28.4 Å². The maximum absolute atomic E-state index is 14.8. The smallest absolute Gasteiger partial charge is 0.274 e. The third kappa shape index (κ3) is 3.37. The van der Waals surface area contributed by atoms with Crippen molar-refractivity contribution in [3.05, 3.63) is 78.4 Å². The number of benzene rings is 1. The highest BCUT2D eigenvalue weighted by atomic mass is 19.1. The van der Waals surface area contributed by atoms with Crippen LogP contribution < -0.4 is 5.32 Å². The van der Waals surface area contributed by atoms with Crippen LogP contribution in [0, 0.1) is 12.7 Å². The van der Waals surface area contributed by atoms with Gasteiger partial charge in [0.2, 0.25) is 0 Å². The number of aryl methyl sites for hydroxylation is 2. The lowest BCUT2D eigenvalue weighted by Gasteiger charge is -2.09. The SMILES string of the molecule is Cc1nccnc1-c1cnn(C)c1C(=O)Nc1cn2nc(-c3ccccc3)nc2cc1F. The lowest BCUT2D eigenvalue weighted by Crippen LogP contribution is -2.18. The zero-order valence-corrected chi connectivity index (χ0v) is 17.2. The van der Waals surface area contributed by atoms with Gasteiger partial charge < -0.3 is 5.32 Å². The largest absolute Gasteiger partial charge is 0.317 e. The topological polar surface area (TPSA) is 103 Å². The van der Waals surface area contributed by atoms with Gasteiger partial charge in [0.15, 0.2) is 17.3 Å². The van der Waals surface area contributed by atoms with E-state index in [1.165, 1.54) is 27.7 Å². The molecule has 0 aliphatic rings. The summed E-state index contributed by atoms with van der Waals surface area (Å²) in [6.45, 7) is 1.79. The van der Waals surface area contributed by atoms with Gasteiger partial charge in [-0.3, -0.25) is 19.4 Å². The third-order valence-electron chi connectivity index (χ3n) is 4.99. The quantitative estimate of drug-likeness (QED) is 0.471. The lowest BCUT2D eigenvalue weighted by molar-refractivity contribution is 0.101. The van der Waals surface area contributed by atoms with Crippen LogP contribution in [0.1, 0.15) is 16.2 Å². The average Bonchev–Trinajstić information content (AvgIpc) is 3.38. The van der Waals surface area contributed by atoms with Gasteiger partial charge in [0, 0.05) is 31.1 Å². The Hall–Kier alpha value is -4.47. The van der Waals surface area contributed by atoms with Crippen molar-refractivity contribution >= 4 is 17.2 Å². The molecule has 1 aromatic carbocycles. The van der Waals surface area contributed by atoms with Gasteiger partial charge in [0.05, 0.1) is 35.0 Å². The molecule has 1 amide bonds. The first-order valence-corrected chi connectivity index (χ1v) is 9.74. The van der Waals surface area contributed by atoms with E-state index >= 15 is 0 Å². The lowest BCUT2D eigenvalue weighted by atomic mass is 10.1. The molecule has 158 valence electrons. The fourth-order valence-corrected chi connectivity index (χ4v) is 3.44. The molecule has 1 N–H and O–H groups in total. The highest BCUT2D eigenvalue weighted by molar-refractivity contribution is 6.07. The van der Waals surface area contributed by atoms with Crippen LogP contribution >= 0.6 is 0 Å². The normalized spacial score (nSPS) is 11.1. The molecule has 0 saturated heterocycles. The first-order valence-electron chi connectivity index (χ1n) is 9.74. The Labute approximate surface area is 181 Å². The summed E-state index contributed by atoms with van der Waals surface area (Å²) in [5.41, 5.74) is 3.02. The second kappa shape index (κ2) is 7.65. The van der Waals surface area contributed by atoms with Gasteiger partial charge in [-0.2, -0.15) is 5.10 Å². The molecule has 10 heteroatoms. The van der Waals surface area contributed by atoms with E-state index < -0.39 is 11.7 Å². The van der Waals surface area contributed by atoms with Gasteiger partial charge in [-0.05, 0) is 6.92 Å². The van der Waals surface area contributed by atoms with E-state index in [-0.39, 0.29) is 11.4 Å². The van der Waals surface area contributed by atoms with E-state index in [1.54, 1.807) is 26.4 Å². The summed E-state index contributed by atoms with van der Waals surface area (Å²) in [6.07, 6.45) is 6.04. The molecule has 5 aromatic rings. The minimum atomic E-state index is -0.628. The predicted molar refractivity (Wildman–Crippen MR) is 115 cm³/mol. The van der Waals surface area contributed by atoms with Crippen molar-refractivity contribution in [3.63, 3.8) is 0 Å². The molecule has 0 saturated carbocycles. The van der Waals surface area contributed by atoms with Gasteiger partial charge in [-0.15, -0.1) is 5.10 Å². The van der Waals surface area contributed by atoms with Gasteiger partial charge in [-0.1, -0.05) is 30.3 Å². The number of aromatic nitrogens is 7. The highest BCUT2D eigenvalue weighted by Crippen LogP contribution is 2.25. The van der Waals surface area contributed by atoms with Crippen molar-refractivity contribution in [3.8, 4) is 22.6 Å². The zero-order chi connectivity index (χ0) is 22.2. The number of fused-ring (bicyclic) bond motifs is 1. The van der Waals surface area contributed by atoms with Crippen molar-refractivity contribution in [2.75, 3.05) is 5.32 Å². The van der Waals surface area contributed by atoms with E-state index in [4.69, 9.17) is 0 Å². The number of rotatable bonds is 4. The fraction of sp³-hybridized carbons (Fsp3) is 0.0909. The molecule has 4 heterocycles.